The summed E-state index contributed by atoms with van der Waals surface area (Å²) in [5, 5.41) is 15.8. The van der Waals surface area contributed by atoms with Gasteiger partial charge in [0.25, 0.3) is 0 Å². The number of benzene rings is 1. The zero-order chi connectivity index (χ0) is 15.2. The first-order valence-corrected chi connectivity index (χ1v) is 7.12. The number of nitrogens with zero attached hydrogens (tertiary/aromatic N) is 3. The van der Waals surface area contributed by atoms with E-state index in [9.17, 15) is 0 Å². The van der Waals surface area contributed by atoms with Crippen molar-refractivity contribution < 1.29 is 0 Å². The summed E-state index contributed by atoms with van der Waals surface area (Å²) in [5.41, 5.74) is 1.11. The normalized spacial score (nSPS) is 10.0. The monoisotopic (exact) mass is 321 g/mol. The summed E-state index contributed by atoms with van der Waals surface area (Å²) < 4.78 is 0. The largest absolute Gasteiger partial charge is 0.354 e. The van der Waals surface area contributed by atoms with E-state index in [2.05, 4.69) is 27.5 Å². The van der Waals surface area contributed by atoms with Crippen molar-refractivity contribution in [3.8, 4) is 6.07 Å². The van der Waals surface area contributed by atoms with Crippen LogP contribution in [0.4, 0.5) is 17.5 Å². The number of rotatable bonds is 5. The molecule has 0 aliphatic rings. The summed E-state index contributed by atoms with van der Waals surface area (Å²) in [4.78, 5) is 8.40. The van der Waals surface area contributed by atoms with Crippen LogP contribution in [0.15, 0.2) is 24.4 Å². The molecule has 0 saturated heterocycles. The van der Waals surface area contributed by atoms with E-state index in [0.717, 1.165) is 13.0 Å². The summed E-state index contributed by atoms with van der Waals surface area (Å²) >= 11 is 12.2. The van der Waals surface area contributed by atoms with Crippen LogP contribution in [0.5, 0.6) is 0 Å². The highest BCUT2D eigenvalue weighted by atomic mass is 35.5. The lowest BCUT2D eigenvalue weighted by Gasteiger charge is -2.11. The Labute approximate surface area is 132 Å². The van der Waals surface area contributed by atoms with Crippen molar-refractivity contribution in [1.29, 1.82) is 5.26 Å². The number of halogens is 2. The number of hydrogen-bond acceptors (Lipinski definition) is 5. The molecule has 0 unspecified atom stereocenters. The van der Waals surface area contributed by atoms with Crippen molar-refractivity contribution in [3.05, 3.63) is 40.0 Å². The number of nitriles is 1. The molecule has 0 atom stereocenters. The molecule has 1 heterocycles. The Hall–Kier alpha value is -2.03. The van der Waals surface area contributed by atoms with Crippen LogP contribution in [0.25, 0.3) is 0 Å². The van der Waals surface area contributed by atoms with E-state index >= 15 is 0 Å². The van der Waals surface area contributed by atoms with Gasteiger partial charge in [0.15, 0.2) is 5.82 Å². The first-order chi connectivity index (χ1) is 10.1. The Kier molecular flexibility index (Phi) is 5.20. The maximum atomic E-state index is 8.83. The summed E-state index contributed by atoms with van der Waals surface area (Å²) in [5.74, 6) is 0.949. The predicted octanol–water partition coefficient (Wildman–Crippen LogP) is 4.22. The van der Waals surface area contributed by atoms with Gasteiger partial charge in [0.2, 0.25) is 5.95 Å². The van der Waals surface area contributed by atoms with Crippen LogP contribution in [0.3, 0.4) is 0 Å². The van der Waals surface area contributed by atoms with Crippen LogP contribution in [-0.4, -0.2) is 16.5 Å². The van der Waals surface area contributed by atoms with Gasteiger partial charge in [-0.15, -0.1) is 0 Å². The molecule has 2 rings (SSSR count). The number of nitrogens with one attached hydrogen (secondary N) is 2. The van der Waals surface area contributed by atoms with Gasteiger partial charge in [-0.25, -0.2) is 4.98 Å². The number of anilines is 3. The molecule has 1 aromatic heterocycles. The third kappa shape index (κ3) is 3.97. The Morgan fingerprint density at radius 1 is 1.29 bits per heavy atom. The first kappa shape index (κ1) is 15.4. The van der Waals surface area contributed by atoms with E-state index in [1.807, 2.05) is 6.07 Å². The second-order valence-corrected chi connectivity index (χ2v) is 5.06. The van der Waals surface area contributed by atoms with Gasteiger partial charge in [0, 0.05) is 6.54 Å². The van der Waals surface area contributed by atoms with Gasteiger partial charge in [-0.05, 0) is 24.6 Å². The van der Waals surface area contributed by atoms with Crippen LogP contribution in [0.1, 0.15) is 18.9 Å². The van der Waals surface area contributed by atoms with Crippen LogP contribution < -0.4 is 10.6 Å². The third-order valence-corrected chi connectivity index (χ3v) is 3.22. The Morgan fingerprint density at radius 3 is 2.76 bits per heavy atom. The van der Waals surface area contributed by atoms with E-state index in [0.29, 0.717) is 33.1 Å². The molecule has 1 aromatic carbocycles. The van der Waals surface area contributed by atoms with E-state index in [1.54, 1.807) is 18.2 Å². The van der Waals surface area contributed by atoms with E-state index < -0.39 is 0 Å². The maximum absolute atomic E-state index is 8.83. The Balaban J connectivity index is 2.24. The smallest absolute Gasteiger partial charge is 0.224 e. The fourth-order valence-electron chi connectivity index (χ4n) is 1.59. The highest BCUT2D eigenvalue weighted by molar-refractivity contribution is 6.34. The van der Waals surface area contributed by atoms with Crippen molar-refractivity contribution in [1.82, 2.24) is 9.97 Å². The van der Waals surface area contributed by atoms with E-state index in [4.69, 9.17) is 28.5 Å². The Morgan fingerprint density at radius 2 is 2.10 bits per heavy atom. The van der Waals surface area contributed by atoms with E-state index in [1.165, 1.54) is 6.20 Å². The molecular weight excluding hydrogens is 309 g/mol. The highest BCUT2D eigenvalue weighted by Crippen LogP contribution is 2.29. The Bertz CT molecular complexity index is 682. The SMILES string of the molecule is CCCNc1ncc(Cl)c(Nc2ccc(C#N)cc2Cl)n1. The highest BCUT2D eigenvalue weighted by Gasteiger charge is 2.08. The van der Waals surface area contributed by atoms with Crippen molar-refractivity contribution in [2.45, 2.75) is 13.3 Å². The van der Waals surface area contributed by atoms with Crippen molar-refractivity contribution >= 4 is 40.7 Å². The standard InChI is InChI=1S/C14H13Cl2N5/c1-2-5-18-14-19-8-11(16)13(21-14)20-12-4-3-9(7-17)6-10(12)15/h3-4,6,8H,2,5H2,1H3,(H2,18,19,20,21). The summed E-state index contributed by atoms with van der Waals surface area (Å²) in [6, 6.07) is 6.98. The molecule has 2 aromatic rings. The van der Waals surface area contributed by atoms with Gasteiger partial charge >= 0.3 is 0 Å². The lowest BCUT2D eigenvalue weighted by Crippen LogP contribution is -2.06. The van der Waals surface area contributed by atoms with Crippen LogP contribution >= 0.6 is 23.2 Å². The number of hydrogen-bond donors (Lipinski definition) is 2. The minimum Gasteiger partial charge on any atom is -0.354 e. The zero-order valence-corrected chi connectivity index (χ0v) is 12.8. The molecular formula is C14H13Cl2N5. The van der Waals surface area contributed by atoms with Crippen molar-refractivity contribution in [2.75, 3.05) is 17.2 Å². The molecule has 0 amide bonds. The lowest BCUT2D eigenvalue weighted by molar-refractivity contribution is 0.953. The van der Waals surface area contributed by atoms with E-state index in [-0.39, 0.29) is 0 Å². The minimum absolute atomic E-state index is 0.387. The second-order valence-electron chi connectivity index (χ2n) is 4.25. The molecule has 21 heavy (non-hydrogen) atoms. The quantitative estimate of drug-likeness (QED) is 0.862. The summed E-state index contributed by atoms with van der Waals surface area (Å²) in [7, 11) is 0. The van der Waals surface area contributed by atoms with Crippen LogP contribution in [-0.2, 0) is 0 Å². The van der Waals surface area contributed by atoms with Crippen LogP contribution in [0.2, 0.25) is 10.0 Å². The molecule has 0 saturated carbocycles. The fraction of sp³-hybridized carbons (Fsp3) is 0.214. The maximum Gasteiger partial charge on any atom is 0.224 e. The van der Waals surface area contributed by atoms with Gasteiger partial charge < -0.3 is 10.6 Å². The van der Waals surface area contributed by atoms with Gasteiger partial charge in [0.05, 0.1) is 28.5 Å². The first-order valence-electron chi connectivity index (χ1n) is 6.37. The fourth-order valence-corrected chi connectivity index (χ4v) is 1.96. The zero-order valence-electron chi connectivity index (χ0n) is 11.3. The third-order valence-electron chi connectivity index (χ3n) is 2.63. The molecule has 0 fully saturated rings. The second kappa shape index (κ2) is 7.11. The summed E-state index contributed by atoms with van der Waals surface area (Å²) in [6.45, 7) is 2.83. The molecule has 0 spiro atoms. The molecule has 108 valence electrons. The summed E-state index contributed by atoms with van der Waals surface area (Å²) in [6.07, 6.45) is 2.49. The van der Waals surface area contributed by atoms with Crippen molar-refractivity contribution in [3.63, 3.8) is 0 Å². The average molecular weight is 322 g/mol. The number of aromatic nitrogens is 2. The van der Waals surface area contributed by atoms with Gasteiger partial charge in [-0.3, -0.25) is 0 Å². The molecule has 7 heteroatoms. The predicted molar refractivity (Wildman–Crippen MR) is 85.3 cm³/mol. The van der Waals surface area contributed by atoms with Crippen LogP contribution in [0, 0.1) is 11.3 Å². The average Bonchev–Trinajstić information content (AvgIpc) is 2.49. The molecule has 0 aliphatic carbocycles. The lowest BCUT2D eigenvalue weighted by atomic mass is 10.2. The van der Waals surface area contributed by atoms with Gasteiger partial charge in [0.1, 0.15) is 5.02 Å². The molecule has 0 bridgehead atoms. The van der Waals surface area contributed by atoms with Crippen molar-refractivity contribution in [2.24, 2.45) is 0 Å². The molecule has 0 aliphatic heterocycles. The minimum atomic E-state index is 0.387. The topological polar surface area (TPSA) is 73.6 Å². The molecule has 2 N–H and O–H groups in total. The van der Waals surface area contributed by atoms with Gasteiger partial charge in [-0.2, -0.15) is 10.2 Å². The molecule has 5 nitrogen and oxygen atoms in total. The van der Waals surface area contributed by atoms with Gasteiger partial charge in [-0.1, -0.05) is 30.1 Å². The molecule has 0 radical (unpaired) electrons.